The van der Waals surface area contributed by atoms with Crippen molar-refractivity contribution in [2.24, 2.45) is 0 Å². The summed E-state index contributed by atoms with van der Waals surface area (Å²) in [6.07, 6.45) is 0. The van der Waals surface area contributed by atoms with Gasteiger partial charge in [0.15, 0.2) is 30.5 Å². The van der Waals surface area contributed by atoms with Gasteiger partial charge in [0.05, 0.1) is 11.5 Å². The van der Waals surface area contributed by atoms with Crippen LogP contribution >= 0.6 is 0 Å². The van der Waals surface area contributed by atoms with E-state index in [1.807, 2.05) is 0 Å². The average Bonchev–Trinajstić information content (AvgIpc) is 2.32. The van der Waals surface area contributed by atoms with E-state index in [4.69, 9.17) is 5.73 Å². The van der Waals surface area contributed by atoms with Crippen molar-refractivity contribution in [3.63, 3.8) is 0 Å². The second-order valence-corrected chi connectivity index (χ2v) is 9.44. The van der Waals surface area contributed by atoms with E-state index >= 15 is 0 Å². The zero-order valence-electron chi connectivity index (χ0n) is 11.7. The maximum absolute atomic E-state index is 11.7. The summed E-state index contributed by atoms with van der Waals surface area (Å²) in [5.41, 5.74) is 3.35. The molecule has 0 aromatic heterocycles. The summed E-state index contributed by atoms with van der Waals surface area (Å²) in [5, 5.41) is 18.4. The van der Waals surface area contributed by atoms with Gasteiger partial charge in [-0.3, -0.25) is 0 Å². The lowest BCUT2D eigenvalue weighted by Crippen LogP contribution is -2.20. The highest BCUT2D eigenvalue weighted by Gasteiger charge is 2.22. The van der Waals surface area contributed by atoms with E-state index < -0.39 is 42.1 Å². The van der Waals surface area contributed by atoms with Crippen molar-refractivity contribution in [1.82, 2.24) is 0 Å². The molecule has 120 valence electrons. The third-order valence-electron chi connectivity index (χ3n) is 2.97. The smallest absolute Gasteiger partial charge is 0.180 e. The molecule has 0 aliphatic carbocycles. The van der Waals surface area contributed by atoms with Gasteiger partial charge >= 0.3 is 0 Å². The maximum atomic E-state index is 11.7. The molecular weight excluding hydrogens is 318 g/mol. The lowest BCUT2D eigenvalue weighted by atomic mass is 10.1. The zero-order chi connectivity index (χ0) is 16.4. The zero-order valence-corrected chi connectivity index (χ0v) is 13.4. The normalized spacial score (nSPS) is 15.6. The van der Waals surface area contributed by atoms with Gasteiger partial charge in [-0.15, -0.1) is 0 Å². The molecule has 21 heavy (non-hydrogen) atoms. The Morgan fingerprint density at radius 3 is 1.95 bits per heavy atom. The molecule has 2 unspecified atom stereocenters. The van der Waals surface area contributed by atoms with Crippen LogP contribution < -0.4 is 5.73 Å². The van der Waals surface area contributed by atoms with Crippen LogP contribution in [0.5, 0.6) is 0 Å². The molecule has 0 aliphatic rings. The Labute approximate surface area is 124 Å². The molecule has 0 radical (unpaired) electrons. The lowest BCUT2D eigenvalue weighted by Gasteiger charge is -2.12. The third kappa shape index (κ3) is 4.67. The van der Waals surface area contributed by atoms with Crippen LogP contribution in [-0.4, -0.2) is 37.9 Å². The molecular formula is C12H19NO6S2. The third-order valence-corrected chi connectivity index (χ3v) is 6.50. The Bertz CT molecular complexity index is 707. The topological polar surface area (TPSA) is 135 Å². The fourth-order valence-corrected chi connectivity index (χ4v) is 3.37. The van der Waals surface area contributed by atoms with Crippen LogP contribution in [0.4, 0.5) is 5.69 Å². The number of aliphatic hydroxyl groups is 2. The molecule has 1 rings (SSSR count). The summed E-state index contributed by atoms with van der Waals surface area (Å²) in [6, 6.07) is 4.21. The predicted molar refractivity (Wildman–Crippen MR) is 79.5 cm³/mol. The van der Waals surface area contributed by atoms with Gasteiger partial charge < -0.3 is 15.9 Å². The van der Waals surface area contributed by atoms with E-state index in [1.54, 1.807) is 0 Å². The Morgan fingerprint density at radius 1 is 1.00 bits per heavy atom. The van der Waals surface area contributed by atoms with Gasteiger partial charge in [0, 0.05) is 5.69 Å². The standard InChI is InChI=1S/C12H19NO6S2/c1-8(14)20(16,17)6-10-3-4-12(13)11(5-10)7-21(18,19)9(2)15/h3-5,8-9,14-15H,6-7,13H2,1-2H3. The molecule has 0 saturated heterocycles. The summed E-state index contributed by atoms with van der Waals surface area (Å²) in [6.45, 7) is 2.28. The number of hydrogen-bond donors (Lipinski definition) is 3. The number of aliphatic hydroxyl groups excluding tert-OH is 2. The summed E-state index contributed by atoms with van der Waals surface area (Å²) in [5.74, 6) is -0.911. The fraction of sp³-hybridized carbons (Fsp3) is 0.500. The van der Waals surface area contributed by atoms with Crippen molar-refractivity contribution in [3.05, 3.63) is 29.3 Å². The van der Waals surface area contributed by atoms with E-state index in [0.717, 1.165) is 13.8 Å². The Hall–Kier alpha value is -1.16. The molecule has 4 N–H and O–H groups in total. The van der Waals surface area contributed by atoms with Crippen molar-refractivity contribution < 1.29 is 27.0 Å². The first kappa shape index (κ1) is 17.9. The van der Waals surface area contributed by atoms with Crippen molar-refractivity contribution in [1.29, 1.82) is 0 Å². The molecule has 1 aromatic rings. The molecule has 0 heterocycles. The van der Waals surface area contributed by atoms with Gasteiger partial charge in [0.25, 0.3) is 0 Å². The van der Waals surface area contributed by atoms with E-state index in [2.05, 4.69) is 0 Å². The predicted octanol–water partition coefficient (Wildman–Crippen LogP) is -0.225. The van der Waals surface area contributed by atoms with Gasteiger partial charge in [-0.1, -0.05) is 12.1 Å². The quantitative estimate of drug-likeness (QED) is 0.610. The molecule has 0 spiro atoms. The van der Waals surface area contributed by atoms with Gasteiger partial charge in [-0.25, -0.2) is 16.8 Å². The Morgan fingerprint density at radius 2 is 1.48 bits per heavy atom. The summed E-state index contributed by atoms with van der Waals surface area (Å²) >= 11 is 0. The first-order valence-corrected chi connectivity index (χ1v) is 9.55. The lowest BCUT2D eigenvalue weighted by molar-refractivity contribution is 0.268. The summed E-state index contributed by atoms with van der Waals surface area (Å²) < 4.78 is 46.7. The fourth-order valence-electron chi connectivity index (χ4n) is 1.56. The van der Waals surface area contributed by atoms with Crippen LogP contribution in [0.1, 0.15) is 25.0 Å². The molecule has 0 fully saturated rings. The highest BCUT2D eigenvalue weighted by Crippen LogP contribution is 2.21. The van der Waals surface area contributed by atoms with E-state index in [-0.39, 0.29) is 11.3 Å². The van der Waals surface area contributed by atoms with Crippen molar-refractivity contribution >= 4 is 25.4 Å². The second-order valence-electron chi connectivity index (χ2n) is 4.85. The molecule has 0 bridgehead atoms. The minimum Gasteiger partial charge on any atom is -0.398 e. The summed E-state index contributed by atoms with van der Waals surface area (Å²) in [4.78, 5) is 0. The number of anilines is 1. The molecule has 2 atom stereocenters. The molecule has 0 saturated carbocycles. The van der Waals surface area contributed by atoms with Crippen LogP contribution in [0.3, 0.4) is 0 Å². The van der Waals surface area contributed by atoms with E-state index in [9.17, 15) is 27.0 Å². The first-order chi connectivity index (χ1) is 9.45. The minimum atomic E-state index is -3.77. The van der Waals surface area contributed by atoms with Crippen LogP contribution in [-0.2, 0) is 31.2 Å². The van der Waals surface area contributed by atoms with Crippen LogP contribution in [0.25, 0.3) is 0 Å². The highest BCUT2D eigenvalue weighted by atomic mass is 32.2. The van der Waals surface area contributed by atoms with E-state index in [1.165, 1.54) is 18.2 Å². The maximum Gasteiger partial charge on any atom is 0.180 e. The van der Waals surface area contributed by atoms with Crippen molar-refractivity contribution in [3.8, 4) is 0 Å². The highest BCUT2D eigenvalue weighted by molar-refractivity contribution is 7.91. The van der Waals surface area contributed by atoms with Gasteiger partial charge in [0.2, 0.25) is 0 Å². The monoisotopic (exact) mass is 337 g/mol. The van der Waals surface area contributed by atoms with Crippen LogP contribution in [0.15, 0.2) is 18.2 Å². The van der Waals surface area contributed by atoms with E-state index in [0.29, 0.717) is 5.56 Å². The molecule has 0 aliphatic heterocycles. The SMILES string of the molecule is CC(O)S(=O)(=O)Cc1ccc(N)c(CS(=O)(=O)C(C)O)c1. The van der Waals surface area contributed by atoms with Gasteiger partial charge in [-0.05, 0) is 31.0 Å². The van der Waals surface area contributed by atoms with Crippen molar-refractivity contribution in [2.75, 3.05) is 5.73 Å². The number of nitrogen functional groups attached to an aromatic ring is 1. The molecule has 1 aromatic carbocycles. The number of nitrogens with two attached hydrogens (primary N) is 1. The summed E-state index contributed by atoms with van der Waals surface area (Å²) in [7, 11) is -7.50. The Kier molecular flexibility index (Phi) is 5.37. The number of hydrogen-bond acceptors (Lipinski definition) is 7. The number of benzene rings is 1. The van der Waals surface area contributed by atoms with Gasteiger partial charge in [0.1, 0.15) is 0 Å². The second kappa shape index (κ2) is 6.30. The van der Waals surface area contributed by atoms with Crippen LogP contribution in [0.2, 0.25) is 0 Å². The molecule has 7 nitrogen and oxygen atoms in total. The Balaban J connectivity index is 3.12. The molecule has 9 heteroatoms. The molecule has 0 amide bonds. The first-order valence-electron chi connectivity index (χ1n) is 6.12. The number of sulfone groups is 2. The van der Waals surface area contributed by atoms with Crippen molar-refractivity contribution in [2.45, 2.75) is 36.2 Å². The largest absolute Gasteiger partial charge is 0.398 e. The van der Waals surface area contributed by atoms with Crippen LogP contribution in [0, 0.1) is 0 Å². The number of rotatable bonds is 6. The average molecular weight is 337 g/mol. The van der Waals surface area contributed by atoms with Gasteiger partial charge in [-0.2, -0.15) is 0 Å². The minimum absolute atomic E-state index is 0.192.